The highest BCUT2D eigenvalue weighted by molar-refractivity contribution is 6.52. The monoisotopic (exact) mass is 305 g/mol. The van der Waals surface area contributed by atoms with E-state index in [0.717, 1.165) is 6.42 Å². The van der Waals surface area contributed by atoms with E-state index in [1.165, 1.54) is 4.90 Å². The van der Waals surface area contributed by atoms with Crippen LogP contribution in [0.2, 0.25) is 5.02 Å². The molecule has 0 N–H and O–H groups in total. The van der Waals surface area contributed by atoms with Crippen LogP contribution in [0, 0.1) is 0 Å². The van der Waals surface area contributed by atoms with Gasteiger partial charge in [0.05, 0.1) is 17.8 Å². The van der Waals surface area contributed by atoms with Crippen LogP contribution in [-0.2, 0) is 17.8 Å². The largest absolute Gasteiger partial charge is 0.339 e. The van der Waals surface area contributed by atoms with Crippen LogP contribution in [0.15, 0.2) is 22.7 Å². The number of aromatic nitrogens is 2. The molecule has 3 rings (SSSR count). The fraction of sp³-hybridized carbons (Fsp3) is 0.286. The first kappa shape index (κ1) is 13.8. The van der Waals surface area contributed by atoms with E-state index in [-0.39, 0.29) is 6.54 Å². The van der Waals surface area contributed by atoms with Crippen molar-refractivity contribution in [3.63, 3.8) is 0 Å². The molecule has 1 aliphatic rings. The zero-order valence-corrected chi connectivity index (χ0v) is 12.1. The first-order valence-corrected chi connectivity index (χ1v) is 6.95. The third kappa shape index (κ3) is 2.42. The smallest absolute Gasteiger partial charge is 0.299 e. The van der Waals surface area contributed by atoms with Gasteiger partial charge < -0.3 is 4.52 Å². The molecule has 2 aromatic rings. The summed E-state index contributed by atoms with van der Waals surface area (Å²) in [5.41, 5.74) is 0.834. The van der Waals surface area contributed by atoms with Gasteiger partial charge in [0.2, 0.25) is 5.89 Å². The number of aryl methyl sites for hydroxylation is 1. The number of carbonyl (C=O) groups is 2. The van der Waals surface area contributed by atoms with Gasteiger partial charge in [-0.25, -0.2) is 0 Å². The topological polar surface area (TPSA) is 76.3 Å². The number of amides is 1. The second kappa shape index (κ2) is 5.29. The summed E-state index contributed by atoms with van der Waals surface area (Å²) in [7, 11) is 0. The minimum absolute atomic E-state index is 0.0884. The van der Waals surface area contributed by atoms with Gasteiger partial charge in [0.15, 0.2) is 5.82 Å². The van der Waals surface area contributed by atoms with E-state index < -0.39 is 11.7 Å². The van der Waals surface area contributed by atoms with Gasteiger partial charge in [-0.05, 0) is 24.6 Å². The van der Waals surface area contributed by atoms with Crippen molar-refractivity contribution in [3.05, 3.63) is 40.5 Å². The van der Waals surface area contributed by atoms with E-state index in [9.17, 15) is 9.59 Å². The van der Waals surface area contributed by atoms with Crippen molar-refractivity contribution in [2.45, 2.75) is 26.3 Å². The summed E-state index contributed by atoms with van der Waals surface area (Å²) in [4.78, 5) is 29.5. The molecule has 2 heterocycles. The van der Waals surface area contributed by atoms with E-state index in [1.54, 1.807) is 18.2 Å². The summed E-state index contributed by atoms with van der Waals surface area (Å²) < 4.78 is 5.08. The Morgan fingerprint density at radius 2 is 2.14 bits per heavy atom. The Hall–Kier alpha value is -2.21. The standard InChI is InChI=1S/C14H12ClN3O3/c1-2-3-12-16-11(17-21-12)7-18-10-6-8(15)4-5-9(10)13(19)14(18)20/h4-6H,2-3,7H2,1H3. The van der Waals surface area contributed by atoms with Crippen molar-refractivity contribution in [1.82, 2.24) is 10.1 Å². The molecule has 0 spiro atoms. The molecule has 6 nitrogen and oxygen atoms in total. The maximum absolute atomic E-state index is 12.1. The van der Waals surface area contributed by atoms with Gasteiger partial charge in [0.25, 0.3) is 11.7 Å². The SMILES string of the molecule is CCCc1nc(CN2C(=O)C(=O)c3ccc(Cl)cc32)no1. The van der Waals surface area contributed by atoms with Crippen LogP contribution in [-0.4, -0.2) is 21.8 Å². The predicted octanol–water partition coefficient (Wildman–Crippen LogP) is 2.41. The van der Waals surface area contributed by atoms with E-state index in [4.69, 9.17) is 16.1 Å². The average molecular weight is 306 g/mol. The molecule has 1 aromatic carbocycles. The maximum Gasteiger partial charge on any atom is 0.299 e. The molecule has 1 aromatic heterocycles. The lowest BCUT2D eigenvalue weighted by Gasteiger charge is -2.13. The van der Waals surface area contributed by atoms with Crippen LogP contribution >= 0.6 is 11.6 Å². The normalized spacial score (nSPS) is 13.9. The Labute approximate surface area is 125 Å². The number of fused-ring (bicyclic) bond motifs is 1. The number of halogens is 1. The van der Waals surface area contributed by atoms with Crippen molar-refractivity contribution in [1.29, 1.82) is 0 Å². The average Bonchev–Trinajstić information content (AvgIpc) is 2.99. The van der Waals surface area contributed by atoms with E-state index in [0.29, 0.717) is 34.4 Å². The summed E-state index contributed by atoms with van der Waals surface area (Å²) in [5, 5.41) is 4.29. The second-order valence-corrected chi connectivity index (χ2v) is 5.17. The van der Waals surface area contributed by atoms with Crippen molar-refractivity contribution in [2.75, 3.05) is 4.90 Å². The van der Waals surface area contributed by atoms with Crippen LogP contribution in [0.4, 0.5) is 5.69 Å². The zero-order valence-electron chi connectivity index (χ0n) is 11.3. The van der Waals surface area contributed by atoms with Crippen molar-refractivity contribution < 1.29 is 14.1 Å². The molecule has 1 aliphatic heterocycles. The Morgan fingerprint density at radius 1 is 1.33 bits per heavy atom. The quantitative estimate of drug-likeness (QED) is 0.811. The lowest BCUT2D eigenvalue weighted by atomic mass is 10.1. The fourth-order valence-corrected chi connectivity index (χ4v) is 2.40. The molecule has 7 heteroatoms. The number of benzene rings is 1. The number of anilines is 1. The minimum atomic E-state index is -0.603. The number of ketones is 1. The molecule has 0 atom stereocenters. The lowest BCUT2D eigenvalue weighted by Crippen LogP contribution is -2.29. The van der Waals surface area contributed by atoms with Gasteiger partial charge in [-0.2, -0.15) is 4.98 Å². The van der Waals surface area contributed by atoms with Gasteiger partial charge >= 0.3 is 0 Å². The summed E-state index contributed by atoms with van der Waals surface area (Å²) in [5.74, 6) is -0.253. The first-order chi connectivity index (χ1) is 10.1. The molecular formula is C14H12ClN3O3. The molecular weight excluding hydrogens is 294 g/mol. The van der Waals surface area contributed by atoms with Crippen LogP contribution in [0.5, 0.6) is 0 Å². The molecule has 0 radical (unpaired) electrons. The van der Waals surface area contributed by atoms with Gasteiger partial charge in [0.1, 0.15) is 0 Å². The van der Waals surface area contributed by atoms with Crippen molar-refractivity contribution >= 4 is 29.0 Å². The number of nitrogens with zero attached hydrogens (tertiary/aromatic N) is 3. The van der Waals surface area contributed by atoms with Crippen LogP contribution in [0.25, 0.3) is 0 Å². The Kier molecular flexibility index (Phi) is 3.47. The molecule has 108 valence electrons. The molecule has 0 fully saturated rings. The van der Waals surface area contributed by atoms with Gasteiger partial charge in [-0.1, -0.05) is 23.7 Å². The van der Waals surface area contributed by atoms with Gasteiger partial charge in [-0.3, -0.25) is 14.5 Å². The Bertz CT molecular complexity index is 726. The fourth-order valence-electron chi connectivity index (χ4n) is 2.24. The first-order valence-electron chi connectivity index (χ1n) is 6.57. The third-order valence-corrected chi connectivity index (χ3v) is 3.44. The highest BCUT2D eigenvalue weighted by atomic mass is 35.5. The maximum atomic E-state index is 12.1. The van der Waals surface area contributed by atoms with Gasteiger partial charge in [0, 0.05) is 11.4 Å². The van der Waals surface area contributed by atoms with Gasteiger partial charge in [-0.15, -0.1) is 0 Å². The summed E-state index contributed by atoms with van der Waals surface area (Å²) >= 11 is 5.93. The summed E-state index contributed by atoms with van der Waals surface area (Å²) in [6.07, 6.45) is 1.57. The van der Waals surface area contributed by atoms with Crippen molar-refractivity contribution in [3.8, 4) is 0 Å². The van der Waals surface area contributed by atoms with Crippen LogP contribution in [0.1, 0.15) is 35.4 Å². The molecule has 1 amide bonds. The molecule has 0 saturated heterocycles. The number of hydrogen-bond acceptors (Lipinski definition) is 5. The minimum Gasteiger partial charge on any atom is -0.339 e. The summed E-state index contributed by atoms with van der Waals surface area (Å²) in [6, 6.07) is 4.73. The molecule has 0 aliphatic carbocycles. The van der Waals surface area contributed by atoms with E-state index >= 15 is 0 Å². The highest BCUT2D eigenvalue weighted by Gasteiger charge is 2.36. The molecule has 21 heavy (non-hydrogen) atoms. The van der Waals surface area contributed by atoms with Crippen LogP contribution < -0.4 is 4.90 Å². The molecule has 0 unspecified atom stereocenters. The molecule has 0 bridgehead atoms. The number of carbonyl (C=O) groups excluding carboxylic acids is 2. The second-order valence-electron chi connectivity index (χ2n) is 4.74. The zero-order chi connectivity index (χ0) is 15.0. The number of rotatable bonds is 4. The predicted molar refractivity (Wildman–Crippen MR) is 75.3 cm³/mol. The number of Topliss-reactive ketones (excluding diaryl/α,β-unsaturated/α-hetero) is 1. The number of hydrogen-bond donors (Lipinski definition) is 0. The van der Waals surface area contributed by atoms with E-state index in [2.05, 4.69) is 10.1 Å². The van der Waals surface area contributed by atoms with E-state index in [1.807, 2.05) is 6.92 Å². The summed E-state index contributed by atoms with van der Waals surface area (Å²) in [6.45, 7) is 2.09. The Morgan fingerprint density at radius 3 is 2.90 bits per heavy atom. The van der Waals surface area contributed by atoms with Crippen LogP contribution in [0.3, 0.4) is 0 Å². The lowest BCUT2D eigenvalue weighted by molar-refractivity contribution is -0.114. The third-order valence-electron chi connectivity index (χ3n) is 3.21. The van der Waals surface area contributed by atoms with Crippen molar-refractivity contribution in [2.24, 2.45) is 0 Å². The Balaban J connectivity index is 1.90. The molecule has 0 saturated carbocycles. The highest BCUT2D eigenvalue weighted by Crippen LogP contribution is 2.32.